The van der Waals surface area contributed by atoms with Crippen molar-refractivity contribution in [3.05, 3.63) is 59.7 Å². The molecule has 1 heterocycles. The minimum atomic E-state index is 0.564. The van der Waals surface area contributed by atoms with Crippen molar-refractivity contribution in [1.82, 2.24) is 15.0 Å². The molecule has 4 nitrogen and oxygen atoms in total. The highest BCUT2D eigenvalue weighted by Crippen LogP contribution is 2.26. The van der Waals surface area contributed by atoms with Crippen molar-refractivity contribution in [2.75, 3.05) is 5.73 Å². The lowest BCUT2D eigenvalue weighted by molar-refractivity contribution is 0.810. The van der Waals surface area contributed by atoms with E-state index in [1.54, 1.807) is 4.68 Å². The average Bonchev–Trinajstić information content (AvgIpc) is 2.90. The summed E-state index contributed by atoms with van der Waals surface area (Å²) in [7, 11) is 0. The third kappa shape index (κ3) is 2.72. The van der Waals surface area contributed by atoms with Crippen LogP contribution in [0.2, 0.25) is 0 Å². The molecule has 1 aromatic heterocycles. The van der Waals surface area contributed by atoms with Gasteiger partial charge in [-0.2, -0.15) is 4.68 Å². The normalized spacial score (nSPS) is 10.8. The van der Waals surface area contributed by atoms with E-state index in [4.69, 9.17) is 5.73 Å². The molecule has 4 heteroatoms. The first kappa shape index (κ1) is 14.3. The number of hydrogen-bond donors (Lipinski definition) is 1. The highest BCUT2D eigenvalue weighted by atomic mass is 15.5. The first-order chi connectivity index (χ1) is 10.7. The number of hydrogen-bond acceptors (Lipinski definition) is 3. The Balaban J connectivity index is 1.96. The zero-order valence-corrected chi connectivity index (χ0v) is 13.0. The van der Waals surface area contributed by atoms with Crippen molar-refractivity contribution < 1.29 is 0 Å². The molecule has 0 saturated heterocycles. The summed E-state index contributed by atoms with van der Waals surface area (Å²) >= 11 is 0. The van der Waals surface area contributed by atoms with Gasteiger partial charge < -0.3 is 5.73 Å². The number of nitrogens with zero attached hydrogens (tertiary/aromatic N) is 3. The number of aromatic nitrogens is 3. The van der Waals surface area contributed by atoms with Gasteiger partial charge in [0.1, 0.15) is 5.69 Å². The Kier molecular flexibility index (Phi) is 3.92. The van der Waals surface area contributed by atoms with Gasteiger partial charge in [-0.05, 0) is 36.6 Å². The van der Waals surface area contributed by atoms with Gasteiger partial charge in [-0.25, -0.2) is 0 Å². The van der Waals surface area contributed by atoms with Gasteiger partial charge in [0.2, 0.25) is 0 Å². The molecule has 0 aliphatic rings. The number of benzene rings is 2. The fraction of sp³-hybridized carbons (Fsp3) is 0.222. The molecule has 0 bridgehead atoms. The van der Waals surface area contributed by atoms with Gasteiger partial charge in [-0.3, -0.25) is 0 Å². The highest BCUT2D eigenvalue weighted by molar-refractivity contribution is 5.71. The van der Waals surface area contributed by atoms with E-state index in [1.807, 2.05) is 31.2 Å². The number of aryl methyl sites for hydroxylation is 2. The molecule has 0 spiro atoms. The van der Waals surface area contributed by atoms with Crippen LogP contribution in [-0.4, -0.2) is 15.0 Å². The predicted molar refractivity (Wildman–Crippen MR) is 89.9 cm³/mol. The molecule has 0 amide bonds. The van der Waals surface area contributed by atoms with E-state index >= 15 is 0 Å². The molecular formula is C18H20N4. The van der Waals surface area contributed by atoms with Crippen molar-refractivity contribution in [1.29, 1.82) is 0 Å². The first-order valence-corrected chi connectivity index (χ1v) is 7.56. The van der Waals surface area contributed by atoms with E-state index in [-0.39, 0.29) is 0 Å². The molecular weight excluding hydrogens is 272 g/mol. The van der Waals surface area contributed by atoms with Crippen molar-refractivity contribution in [3.63, 3.8) is 0 Å². The van der Waals surface area contributed by atoms with Gasteiger partial charge in [-0.1, -0.05) is 55.0 Å². The van der Waals surface area contributed by atoms with E-state index in [2.05, 4.69) is 41.5 Å². The van der Waals surface area contributed by atoms with Crippen LogP contribution in [0.15, 0.2) is 48.5 Å². The fourth-order valence-electron chi connectivity index (χ4n) is 2.56. The lowest BCUT2D eigenvalue weighted by atomic mass is 10.1. The molecule has 3 aromatic rings. The van der Waals surface area contributed by atoms with Crippen LogP contribution in [0, 0.1) is 6.92 Å². The highest BCUT2D eigenvalue weighted by Gasteiger charge is 2.13. The molecule has 22 heavy (non-hydrogen) atoms. The standard InChI is InChI=1S/C18H20N4/c1-3-5-14-8-10-15(11-9-14)17-18(19)22(21-20-17)16-7-4-6-13(2)12-16/h4,6-12H,3,5,19H2,1-2H3. The summed E-state index contributed by atoms with van der Waals surface area (Å²) in [5, 5.41) is 8.46. The van der Waals surface area contributed by atoms with Gasteiger partial charge in [0, 0.05) is 5.56 Å². The van der Waals surface area contributed by atoms with E-state index in [9.17, 15) is 0 Å². The second-order valence-corrected chi connectivity index (χ2v) is 5.52. The summed E-state index contributed by atoms with van der Waals surface area (Å²) in [4.78, 5) is 0. The van der Waals surface area contributed by atoms with Gasteiger partial charge in [0.15, 0.2) is 5.82 Å². The summed E-state index contributed by atoms with van der Waals surface area (Å²) in [5.74, 6) is 0.564. The number of nitrogens with two attached hydrogens (primary N) is 1. The second kappa shape index (κ2) is 6.02. The molecule has 0 aliphatic heterocycles. The maximum atomic E-state index is 6.25. The minimum absolute atomic E-state index is 0.564. The Labute approximate surface area is 130 Å². The monoisotopic (exact) mass is 292 g/mol. The molecule has 0 aliphatic carbocycles. The van der Waals surface area contributed by atoms with E-state index in [1.165, 1.54) is 5.56 Å². The first-order valence-electron chi connectivity index (χ1n) is 7.56. The quantitative estimate of drug-likeness (QED) is 0.796. The zero-order chi connectivity index (χ0) is 15.5. The van der Waals surface area contributed by atoms with Crippen LogP contribution in [0.4, 0.5) is 5.82 Å². The van der Waals surface area contributed by atoms with Gasteiger partial charge in [0.05, 0.1) is 5.69 Å². The molecule has 2 N–H and O–H groups in total. The van der Waals surface area contributed by atoms with Crippen LogP contribution < -0.4 is 5.73 Å². The molecule has 0 radical (unpaired) electrons. The van der Waals surface area contributed by atoms with Crippen molar-refractivity contribution in [2.24, 2.45) is 0 Å². The average molecular weight is 292 g/mol. The lowest BCUT2D eigenvalue weighted by Crippen LogP contribution is -2.02. The molecule has 0 saturated carbocycles. The third-order valence-electron chi connectivity index (χ3n) is 3.72. The van der Waals surface area contributed by atoms with Gasteiger partial charge in [-0.15, -0.1) is 5.10 Å². The smallest absolute Gasteiger partial charge is 0.155 e. The molecule has 0 fully saturated rings. The maximum absolute atomic E-state index is 6.25. The van der Waals surface area contributed by atoms with Gasteiger partial charge >= 0.3 is 0 Å². The Morgan fingerprint density at radius 1 is 1.09 bits per heavy atom. The fourth-order valence-corrected chi connectivity index (χ4v) is 2.56. The van der Waals surface area contributed by atoms with Crippen molar-refractivity contribution >= 4 is 5.82 Å². The Bertz CT molecular complexity index is 772. The Morgan fingerprint density at radius 3 is 2.55 bits per heavy atom. The number of nitrogen functional groups attached to an aromatic ring is 1. The predicted octanol–water partition coefficient (Wildman–Crippen LogP) is 3.78. The van der Waals surface area contributed by atoms with E-state index in [0.717, 1.165) is 35.3 Å². The molecule has 112 valence electrons. The van der Waals surface area contributed by atoms with Crippen LogP contribution >= 0.6 is 0 Å². The number of anilines is 1. The van der Waals surface area contributed by atoms with E-state index < -0.39 is 0 Å². The van der Waals surface area contributed by atoms with Crippen molar-refractivity contribution in [3.8, 4) is 16.9 Å². The van der Waals surface area contributed by atoms with Crippen LogP contribution in [0.3, 0.4) is 0 Å². The molecule has 0 unspecified atom stereocenters. The topological polar surface area (TPSA) is 56.7 Å². The third-order valence-corrected chi connectivity index (χ3v) is 3.72. The molecule has 0 atom stereocenters. The number of rotatable bonds is 4. The summed E-state index contributed by atoms with van der Waals surface area (Å²) in [6, 6.07) is 16.4. The molecule has 3 rings (SSSR count). The zero-order valence-electron chi connectivity index (χ0n) is 13.0. The second-order valence-electron chi connectivity index (χ2n) is 5.52. The van der Waals surface area contributed by atoms with Crippen molar-refractivity contribution in [2.45, 2.75) is 26.7 Å². The lowest BCUT2D eigenvalue weighted by Gasteiger charge is -2.05. The van der Waals surface area contributed by atoms with E-state index in [0.29, 0.717) is 5.82 Å². The van der Waals surface area contributed by atoms with Crippen LogP contribution in [0.5, 0.6) is 0 Å². The summed E-state index contributed by atoms with van der Waals surface area (Å²) in [6.45, 7) is 4.23. The Hall–Kier alpha value is -2.62. The summed E-state index contributed by atoms with van der Waals surface area (Å²) < 4.78 is 1.68. The minimum Gasteiger partial charge on any atom is -0.382 e. The summed E-state index contributed by atoms with van der Waals surface area (Å²) in [6.07, 6.45) is 2.23. The summed E-state index contributed by atoms with van der Waals surface area (Å²) in [5.41, 5.74) is 11.4. The van der Waals surface area contributed by atoms with Gasteiger partial charge in [0.25, 0.3) is 0 Å². The largest absolute Gasteiger partial charge is 0.382 e. The maximum Gasteiger partial charge on any atom is 0.155 e. The molecule has 2 aromatic carbocycles. The van der Waals surface area contributed by atoms with Crippen LogP contribution in [-0.2, 0) is 6.42 Å². The SMILES string of the molecule is CCCc1ccc(-c2nnn(-c3cccc(C)c3)c2N)cc1. The van der Waals surface area contributed by atoms with Crippen LogP contribution in [0.1, 0.15) is 24.5 Å². The Morgan fingerprint density at radius 2 is 1.86 bits per heavy atom. The van der Waals surface area contributed by atoms with Crippen LogP contribution in [0.25, 0.3) is 16.9 Å².